The number of aryl methyl sites for hydroxylation is 1. The Bertz CT molecular complexity index is 739. The van der Waals surface area contributed by atoms with Gasteiger partial charge < -0.3 is 16.0 Å². The van der Waals surface area contributed by atoms with E-state index < -0.39 is 5.54 Å². The van der Waals surface area contributed by atoms with Crippen molar-refractivity contribution in [2.75, 3.05) is 5.73 Å². The Morgan fingerprint density at radius 1 is 1.43 bits per heavy atom. The average Bonchev–Trinajstić information content (AvgIpc) is 2.80. The van der Waals surface area contributed by atoms with E-state index in [2.05, 4.69) is 10.3 Å². The molecule has 0 saturated carbocycles. The molecular weight excluding hydrogens is 269 g/mol. The summed E-state index contributed by atoms with van der Waals surface area (Å²) in [6.07, 6.45) is 5.14. The van der Waals surface area contributed by atoms with Crippen LogP contribution in [0.4, 0.5) is 10.1 Å². The Hall–Kier alpha value is -2.30. The van der Waals surface area contributed by atoms with Crippen LogP contribution in [-0.2, 0) is 4.79 Å². The lowest BCUT2D eigenvalue weighted by molar-refractivity contribution is -0.117. The average molecular weight is 287 g/mol. The van der Waals surface area contributed by atoms with Crippen LogP contribution < -0.4 is 11.1 Å². The van der Waals surface area contributed by atoms with Crippen molar-refractivity contribution in [2.24, 2.45) is 0 Å². The first kappa shape index (κ1) is 13.7. The molecule has 1 aromatic rings. The molecule has 110 valence electrons. The number of carbonyl (C=O) groups excluding carboxylic acids is 1. The minimum atomic E-state index is -0.528. The minimum absolute atomic E-state index is 0.183. The zero-order chi connectivity index (χ0) is 15.4. The number of hydrogen-bond donors (Lipinski definition) is 3. The van der Waals surface area contributed by atoms with E-state index in [0.29, 0.717) is 23.3 Å². The van der Waals surface area contributed by atoms with E-state index in [1.54, 1.807) is 6.08 Å². The van der Waals surface area contributed by atoms with Crippen LogP contribution in [0.5, 0.6) is 0 Å². The maximum absolute atomic E-state index is 13.6. The monoisotopic (exact) mass is 287 g/mol. The molecule has 1 atom stereocenters. The molecule has 1 fully saturated rings. The lowest BCUT2D eigenvalue weighted by atomic mass is 9.84. The zero-order valence-electron chi connectivity index (χ0n) is 12.3. The van der Waals surface area contributed by atoms with Crippen LogP contribution in [0.2, 0.25) is 0 Å². The van der Waals surface area contributed by atoms with Gasteiger partial charge in [0.15, 0.2) is 0 Å². The lowest BCUT2D eigenvalue weighted by Gasteiger charge is -2.26. The van der Waals surface area contributed by atoms with Gasteiger partial charge in [-0.05, 0) is 56.6 Å². The lowest BCUT2D eigenvalue weighted by Crippen LogP contribution is -2.39. The third kappa shape index (κ3) is 2.00. The molecule has 1 saturated heterocycles. The van der Waals surface area contributed by atoms with Crippen LogP contribution in [0.15, 0.2) is 29.1 Å². The largest absolute Gasteiger partial charge is 0.397 e. The molecule has 1 amide bonds. The van der Waals surface area contributed by atoms with Crippen LogP contribution in [0, 0.1) is 13.8 Å². The van der Waals surface area contributed by atoms with Crippen molar-refractivity contribution in [1.29, 1.82) is 0 Å². The van der Waals surface area contributed by atoms with Crippen molar-refractivity contribution >= 4 is 17.7 Å². The highest BCUT2D eigenvalue weighted by Gasteiger charge is 2.43. The van der Waals surface area contributed by atoms with Crippen LogP contribution in [-0.4, -0.2) is 16.4 Å². The number of allylic oxidation sites excluding steroid dienone is 2. The summed E-state index contributed by atoms with van der Waals surface area (Å²) in [7, 11) is 0. The van der Waals surface area contributed by atoms with E-state index in [9.17, 15) is 9.18 Å². The van der Waals surface area contributed by atoms with E-state index in [-0.39, 0.29) is 11.7 Å². The van der Waals surface area contributed by atoms with Gasteiger partial charge in [-0.3, -0.25) is 4.79 Å². The second-order valence-corrected chi connectivity index (χ2v) is 5.90. The molecule has 5 heteroatoms. The van der Waals surface area contributed by atoms with E-state index in [1.807, 2.05) is 20.8 Å². The first-order chi connectivity index (χ1) is 9.82. The maximum atomic E-state index is 13.6. The van der Waals surface area contributed by atoms with Crippen LogP contribution >= 0.6 is 0 Å². The number of nitrogens with one attached hydrogen (secondary N) is 2. The molecule has 21 heavy (non-hydrogen) atoms. The predicted octanol–water partition coefficient (Wildman–Crippen LogP) is 2.67. The molecule has 3 rings (SSSR count). The van der Waals surface area contributed by atoms with Gasteiger partial charge in [-0.15, -0.1) is 0 Å². The number of rotatable bonds is 1. The summed E-state index contributed by atoms with van der Waals surface area (Å²) in [5.41, 5.74) is 9.84. The summed E-state index contributed by atoms with van der Waals surface area (Å²) >= 11 is 0. The minimum Gasteiger partial charge on any atom is -0.397 e. The first-order valence-corrected chi connectivity index (χ1v) is 6.89. The van der Waals surface area contributed by atoms with Gasteiger partial charge in [0.1, 0.15) is 5.83 Å². The number of amides is 1. The maximum Gasteiger partial charge on any atom is 0.252 e. The molecule has 1 unspecified atom stereocenters. The van der Waals surface area contributed by atoms with Gasteiger partial charge >= 0.3 is 0 Å². The van der Waals surface area contributed by atoms with E-state index in [0.717, 1.165) is 17.0 Å². The second kappa shape index (κ2) is 4.35. The summed E-state index contributed by atoms with van der Waals surface area (Å²) in [4.78, 5) is 15.4. The van der Waals surface area contributed by atoms with Crippen molar-refractivity contribution in [3.63, 3.8) is 0 Å². The number of hydrogen-bond acceptors (Lipinski definition) is 2. The Morgan fingerprint density at radius 3 is 2.76 bits per heavy atom. The van der Waals surface area contributed by atoms with Gasteiger partial charge in [0, 0.05) is 17.0 Å². The van der Waals surface area contributed by atoms with Gasteiger partial charge in [-0.25, -0.2) is 4.39 Å². The van der Waals surface area contributed by atoms with Crippen molar-refractivity contribution in [3.05, 3.63) is 46.1 Å². The summed E-state index contributed by atoms with van der Waals surface area (Å²) in [5, 5.41) is 2.93. The van der Waals surface area contributed by atoms with Crippen LogP contribution in [0.25, 0.3) is 6.08 Å². The fraction of sp³-hybridized carbons (Fsp3) is 0.312. The third-order valence-corrected chi connectivity index (χ3v) is 4.33. The van der Waals surface area contributed by atoms with Crippen molar-refractivity contribution in [2.45, 2.75) is 32.7 Å². The van der Waals surface area contributed by atoms with Crippen LogP contribution in [0.3, 0.4) is 0 Å². The number of nitrogen functional groups attached to an aromatic ring is 1. The van der Waals surface area contributed by atoms with Crippen LogP contribution in [0.1, 0.15) is 30.3 Å². The molecule has 4 N–H and O–H groups in total. The SMILES string of the molecule is Cc1[nH]c(/C=C2\C(=O)NC3(C)CC=C(F)C=C23)c(C)c1N. The Kier molecular flexibility index (Phi) is 2.83. The van der Waals surface area contributed by atoms with E-state index >= 15 is 0 Å². The Labute approximate surface area is 122 Å². The normalized spacial score (nSPS) is 26.5. The summed E-state index contributed by atoms with van der Waals surface area (Å²) in [5.74, 6) is -0.485. The van der Waals surface area contributed by atoms with Gasteiger partial charge in [-0.2, -0.15) is 0 Å². The fourth-order valence-corrected chi connectivity index (χ4v) is 2.92. The van der Waals surface area contributed by atoms with E-state index in [1.165, 1.54) is 12.2 Å². The second-order valence-electron chi connectivity index (χ2n) is 5.90. The number of aromatic amines is 1. The van der Waals surface area contributed by atoms with Gasteiger partial charge in [0.25, 0.3) is 5.91 Å². The number of aromatic nitrogens is 1. The van der Waals surface area contributed by atoms with Gasteiger partial charge in [0.2, 0.25) is 0 Å². The number of fused-ring (bicyclic) bond motifs is 1. The molecule has 1 aliphatic carbocycles. The molecular formula is C16H18FN3O. The number of nitrogens with two attached hydrogens (primary N) is 1. The topological polar surface area (TPSA) is 70.9 Å². The molecule has 0 spiro atoms. The zero-order valence-corrected chi connectivity index (χ0v) is 12.3. The number of H-pyrrole nitrogens is 1. The highest BCUT2D eigenvalue weighted by Crippen LogP contribution is 2.39. The summed E-state index contributed by atoms with van der Waals surface area (Å²) in [6.45, 7) is 5.68. The molecule has 4 nitrogen and oxygen atoms in total. The summed E-state index contributed by atoms with van der Waals surface area (Å²) in [6, 6.07) is 0. The molecule has 1 aliphatic heterocycles. The van der Waals surface area contributed by atoms with Gasteiger partial charge in [-0.1, -0.05) is 0 Å². The third-order valence-electron chi connectivity index (χ3n) is 4.33. The number of halogens is 1. The van der Waals surface area contributed by atoms with Crippen molar-refractivity contribution in [1.82, 2.24) is 10.3 Å². The Morgan fingerprint density at radius 2 is 2.14 bits per heavy atom. The highest BCUT2D eigenvalue weighted by molar-refractivity contribution is 6.07. The van der Waals surface area contributed by atoms with E-state index in [4.69, 9.17) is 5.73 Å². The quantitative estimate of drug-likeness (QED) is 0.695. The molecule has 0 bridgehead atoms. The Balaban J connectivity index is 2.12. The van der Waals surface area contributed by atoms with Crippen molar-refractivity contribution in [3.8, 4) is 0 Å². The predicted molar refractivity (Wildman–Crippen MR) is 81.1 cm³/mol. The molecule has 0 radical (unpaired) electrons. The standard InChI is InChI=1S/C16H18FN3O/c1-8-13(19-9(2)14(8)18)7-11-12-6-10(17)4-5-16(12,3)20-15(11)21/h4,6-7,19H,5,18H2,1-3H3,(H,20,21)/b11-7-. The molecule has 0 aromatic carbocycles. The number of carbonyl (C=O) groups is 1. The molecule has 2 aliphatic rings. The fourth-order valence-electron chi connectivity index (χ4n) is 2.92. The van der Waals surface area contributed by atoms with Gasteiger partial charge in [0.05, 0.1) is 11.2 Å². The smallest absolute Gasteiger partial charge is 0.252 e. The van der Waals surface area contributed by atoms with Crippen molar-refractivity contribution < 1.29 is 9.18 Å². The summed E-state index contributed by atoms with van der Waals surface area (Å²) < 4.78 is 13.6. The first-order valence-electron chi connectivity index (χ1n) is 6.89. The molecule has 1 aromatic heterocycles. The number of anilines is 1. The highest BCUT2D eigenvalue weighted by atomic mass is 19.1. The molecule has 2 heterocycles.